The molecule has 2 N–H and O–H groups in total. The number of hydrogen-bond acceptors (Lipinski definition) is 3. The van der Waals surface area contributed by atoms with Crippen LogP contribution in [-0.4, -0.2) is 24.1 Å². The molecule has 1 unspecified atom stereocenters. The van der Waals surface area contributed by atoms with E-state index in [1.807, 2.05) is 60.7 Å². The molecule has 1 aliphatic heterocycles. The minimum atomic E-state index is -0.815. The number of halogens is 1. The summed E-state index contributed by atoms with van der Waals surface area (Å²) in [5.74, 6) is -0.648. The molecule has 0 radical (unpaired) electrons. The van der Waals surface area contributed by atoms with Crippen molar-refractivity contribution in [3.8, 4) is 0 Å². The molecule has 1 aromatic heterocycles. The van der Waals surface area contributed by atoms with Crippen molar-refractivity contribution >= 4 is 16.9 Å². The maximum Gasteiger partial charge on any atom is 0.323 e. The van der Waals surface area contributed by atoms with Crippen molar-refractivity contribution in [3.05, 3.63) is 107 Å². The van der Waals surface area contributed by atoms with Crippen molar-refractivity contribution in [2.45, 2.75) is 18.0 Å². The Morgan fingerprint density at radius 1 is 1.00 bits per heavy atom. The van der Waals surface area contributed by atoms with Crippen LogP contribution in [0.3, 0.4) is 0 Å². The number of H-pyrrole nitrogens is 1. The highest BCUT2D eigenvalue weighted by molar-refractivity contribution is 5.88. The van der Waals surface area contributed by atoms with Gasteiger partial charge in [-0.25, -0.2) is 4.39 Å². The quantitative estimate of drug-likeness (QED) is 0.505. The molecule has 0 saturated carbocycles. The van der Waals surface area contributed by atoms with Crippen molar-refractivity contribution in [2.75, 3.05) is 7.11 Å². The molecule has 2 heterocycles. The van der Waals surface area contributed by atoms with Crippen LogP contribution >= 0.6 is 0 Å². The van der Waals surface area contributed by atoms with E-state index < -0.39 is 11.6 Å². The average Bonchev–Trinajstić information content (AvgIpc) is 3.17. The number of aromatic nitrogens is 1. The van der Waals surface area contributed by atoms with Gasteiger partial charge in [0, 0.05) is 23.0 Å². The summed E-state index contributed by atoms with van der Waals surface area (Å²) in [6.07, 6.45) is 0.410. The lowest BCUT2D eigenvalue weighted by Gasteiger charge is -2.42. The Labute approximate surface area is 173 Å². The number of carbonyl (C=O) groups excluding carboxylic acids is 1. The minimum absolute atomic E-state index is 0.303. The maximum absolute atomic E-state index is 14.1. The summed E-state index contributed by atoms with van der Waals surface area (Å²) in [5.41, 5.74) is 3.83. The summed E-state index contributed by atoms with van der Waals surface area (Å²) in [6, 6.07) is 24.1. The molecule has 30 heavy (non-hydrogen) atoms. The van der Waals surface area contributed by atoms with Gasteiger partial charge < -0.3 is 9.72 Å². The smallest absolute Gasteiger partial charge is 0.323 e. The topological polar surface area (TPSA) is 54.1 Å². The number of aromatic amines is 1. The van der Waals surface area contributed by atoms with Crippen LogP contribution in [0.5, 0.6) is 0 Å². The molecule has 1 atom stereocenters. The first-order valence-electron chi connectivity index (χ1n) is 9.90. The van der Waals surface area contributed by atoms with E-state index in [-0.39, 0.29) is 11.8 Å². The second kappa shape index (κ2) is 7.11. The van der Waals surface area contributed by atoms with Crippen LogP contribution in [0.25, 0.3) is 10.9 Å². The summed E-state index contributed by atoms with van der Waals surface area (Å²) >= 11 is 0. The van der Waals surface area contributed by atoms with Gasteiger partial charge in [-0.3, -0.25) is 10.1 Å². The van der Waals surface area contributed by atoms with Crippen LogP contribution in [0.1, 0.15) is 22.4 Å². The van der Waals surface area contributed by atoms with Gasteiger partial charge in [0.15, 0.2) is 0 Å². The van der Waals surface area contributed by atoms with Gasteiger partial charge in [-0.15, -0.1) is 0 Å². The number of carbonyl (C=O) groups is 1. The number of esters is 1. The van der Waals surface area contributed by atoms with Crippen LogP contribution in [-0.2, 0) is 21.5 Å². The average molecular weight is 400 g/mol. The zero-order valence-corrected chi connectivity index (χ0v) is 16.5. The third-order valence-corrected chi connectivity index (χ3v) is 5.94. The number of ether oxygens (including phenoxy) is 1. The van der Waals surface area contributed by atoms with E-state index in [4.69, 9.17) is 4.74 Å². The van der Waals surface area contributed by atoms with Gasteiger partial charge in [-0.2, -0.15) is 0 Å². The lowest BCUT2D eigenvalue weighted by Crippen LogP contribution is -2.57. The second-order valence-corrected chi connectivity index (χ2v) is 7.57. The van der Waals surface area contributed by atoms with Crippen LogP contribution < -0.4 is 5.32 Å². The van der Waals surface area contributed by atoms with Gasteiger partial charge in [0.25, 0.3) is 0 Å². The normalized spacial score (nSPS) is 17.5. The van der Waals surface area contributed by atoms with Crippen LogP contribution in [0.2, 0.25) is 0 Å². The van der Waals surface area contributed by atoms with E-state index in [1.165, 1.54) is 19.2 Å². The van der Waals surface area contributed by atoms with Crippen LogP contribution in [0.4, 0.5) is 4.39 Å². The zero-order chi connectivity index (χ0) is 20.7. The molecule has 0 bridgehead atoms. The largest absolute Gasteiger partial charge is 0.468 e. The highest BCUT2D eigenvalue weighted by Crippen LogP contribution is 2.44. The van der Waals surface area contributed by atoms with Crippen molar-refractivity contribution in [1.82, 2.24) is 10.3 Å². The summed E-state index contributed by atoms with van der Waals surface area (Å²) in [5, 5.41) is 4.37. The zero-order valence-electron chi connectivity index (χ0n) is 16.5. The van der Waals surface area contributed by atoms with Crippen molar-refractivity contribution in [3.63, 3.8) is 0 Å². The maximum atomic E-state index is 14.1. The Balaban J connectivity index is 1.88. The standard InChI is InChI=1S/C25H21FN2O2/c1-30-24(29)22-15-20-19-14-18(26)12-13-21(19)27-23(20)25(28-22,16-8-4-2-5-9-16)17-10-6-3-7-11-17/h2-14,22,27-28H,15H2,1H3. The fourth-order valence-electron chi connectivity index (χ4n) is 4.62. The van der Waals surface area contributed by atoms with E-state index in [0.717, 1.165) is 33.3 Å². The summed E-state index contributed by atoms with van der Waals surface area (Å²) < 4.78 is 19.2. The molecule has 0 fully saturated rings. The number of benzene rings is 3. The van der Waals surface area contributed by atoms with Gasteiger partial charge in [0.05, 0.1) is 7.11 Å². The van der Waals surface area contributed by atoms with Gasteiger partial charge in [-0.1, -0.05) is 60.7 Å². The number of fused-ring (bicyclic) bond motifs is 3. The van der Waals surface area contributed by atoms with Gasteiger partial charge in [-0.05, 0) is 34.9 Å². The molecule has 0 amide bonds. The van der Waals surface area contributed by atoms with E-state index in [9.17, 15) is 9.18 Å². The van der Waals surface area contributed by atoms with Gasteiger partial charge in [0.2, 0.25) is 0 Å². The monoisotopic (exact) mass is 400 g/mol. The SMILES string of the molecule is COC(=O)C1Cc2c([nH]c3ccc(F)cc23)C(c2ccccc2)(c2ccccc2)N1. The summed E-state index contributed by atoms with van der Waals surface area (Å²) in [7, 11) is 1.39. The highest BCUT2D eigenvalue weighted by atomic mass is 19.1. The molecule has 3 aromatic carbocycles. The Bertz CT molecular complexity index is 1180. The number of hydrogen-bond donors (Lipinski definition) is 2. The molecule has 5 rings (SSSR count). The highest BCUT2D eigenvalue weighted by Gasteiger charge is 2.47. The van der Waals surface area contributed by atoms with E-state index >= 15 is 0 Å². The molecule has 1 aliphatic rings. The fourth-order valence-corrected chi connectivity index (χ4v) is 4.62. The Hall–Kier alpha value is -3.44. The molecule has 4 nitrogen and oxygen atoms in total. The van der Waals surface area contributed by atoms with Gasteiger partial charge >= 0.3 is 5.97 Å². The first kappa shape index (κ1) is 18.6. The second-order valence-electron chi connectivity index (χ2n) is 7.57. The first-order chi connectivity index (χ1) is 14.6. The number of methoxy groups -OCH3 is 1. The molecule has 150 valence electrons. The van der Waals surface area contributed by atoms with Crippen LogP contribution in [0.15, 0.2) is 78.9 Å². The summed E-state index contributed by atoms with van der Waals surface area (Å²) in [4.78, 5) is 16.2. The Morgan fingerprint density at radius 3 is 2.23 bits per heavy atom. The predicted molar refractivity (Wildman–Crippen MR) is 114 cm³/mol. The molecule has 0 aliphatic carbocycles. The van der Waals surface area contributed by atoms with E-state index in [1.54, 1.807) is 6.07 Å². The van der Waals surface area contributed by atoms with Crippen LogP contribution in [0, 0.1) is 5.82 Å². The molecule has 4 aromatic rings. The fraction of sp³-hybridized carbons (Fsp3) is 0.160. The summed E-state index contributed by atoms with van der Waals surface area (Å²) in [6.45, 7) is 0. The molecule has 0 spiro atoms. The number of rotatable bonds is 3. The van der Waals surface area contributed by atoms with E-state index in [2.05, 4.69) is 10.3 Å². The third kappa shape index (κ3) is 2.74. The van der Waals surface area contributed by atoms with Crippen molar-refractivity contribution in [1.29, 1.82) is 0 Å². The Kier molecular flexibility index (Phi) is 4.40. The lowest BCUT2D eigenvalue weighted by atomic mass is 9.74. The minimum Gasteiger partial charge on any atom is -0.468 e. The van der Waals surface area contributed by atoms with Crippen molar-refractivity contribution in [2.24, 2.45) is 0 Å². The molecular formula is C25H21FN2O2. The van der Waals surface area contributed by atoms with Crippen molar-refractivity contribution < 1.29 is 13.9 Å². The van der Waals surface area contributed by atoms with E-state index in [0.29, 0.717) is 6.42 Å². The predicted octanol–water partition coefficient (Wildman–Crippen LogP) is 4.29. The molecule has 0 saturated heterocycles. The first-order valence-corrected chi connectivity index (χ1v) is 9.90. The van der Waals surface area contributed by atoms with Gasteiger partial charge in [0.1, 0.15) is 17.4 Å². The third-order valence-electron chi connectivity index (χ3n) is 5.94. The lowest BCUT2D eigenvalue weighted by molar-refractivity contribution is -0.143. The number of nitrogens with one attached hydrogen (secondary N) is 2. The Morgan fingerprint density at radius 2 is 1.63 bits per heavy atom. The molecular weight excluding hydrogens is 379 g/mol. The molecule has 5 heteroatoms.